The number of amides is 2. The maximum atomic E-state index is 12.7. The van der Waals surface area contributed by atoms with Gasteiger partial charge in [0.2, 0.25) is 5.91 Å². The average molecular weight is 481 g/mol. The zero-order valence-corrected chi connectivity index (χ0v) is 20.5. The van der Waals surface area contributed by atoms with Gasteiger partial charge in [0.15, 0.2) is 0 Å². The first-order chi connectivity index (χ1) is 15.1. The van der Waals surface area contributed by atoms with Crippen LogP contribution >= 0.6 is 23.2 Å². The van der Waals surface area contributed by atoms with Gasteiger partial charge in [-0.25, -0.2) is 0 Å². The molecule has 4 fully saturated rings. The van der Waals surface area contributed by atoms with Gasteiger partial charge in [-0.05, 0) is 60.6 Å². The summed E-state index contributed by atoms with van der Waals surface area (Å²) < 4.78 is 12.7. The molecule has 0 spiro atoms. The highest BCUT2D eigenvalue weighted by Crippen LogP contribution is 2.61. The van der Waals surface area contributed by atoms with Crippen molar-refractivity contribution in [2.75, 3.05) is 6.54 Å². The normalized spacial score (nSPS) is 28.7. The topological polar surface area (TPSA) is 76.7 Å². The Morgan fingerprint density at radius 1 is 1.22 bits per heavy atom. The zero-order chi connectivity index (χ0) is 23.2. The number of carbonyl (C=O) groups is 2. The molecule has 2 bridgehead atoms. The molecule has 6 nitrogen and oxygen atoms in total. The van der Waals surface area contributed by atoms with Crippen molar-refractivity contribution >= 4 is 42.1 Å². The second kappa shape index (κ2) is 9.17. The van der Waals surface area contributed by atoms with E-state index in [2.05, 4.69) is 38.3 Å². The SMILES string of the molecule is CC(C)C[C@H](NC(=O)CNC(=O)c1cc(Cl)ccc1Cl)B1O[C@@H]2C[C@@H]3CC([C@@H]2O1)C3(C)C. The van der Waals surface area contributed by atoms with Crippen LogP contribution in [0.5, 0.6) is 0 Å². The van der Waals surface area contributed by atoms with E-state index in [1.54, 1.807) is 12.1 Å². The van der Waals surface area contributed by atoms with Gasteiger partial charge < -0.3 is 19.9 Å². The number of benzene rings is 1. The number of nitrogens with one attached hydrogen (secondary N) is 2. The van der Waals surface area contributed by atoms with E-state index in [1.807, 2.05) is 0 Å². The van der Waals surface area contributed by atoms with E-state index in [4.69, 9.17) is 32.5 Å². The molecule has 9 heteroatoms. The fourth-order valence-electron chi connectivity index (χ4n) is 5.48. The molecule has 2 N–H and O–H groups in total. The van der Waals surface area contributed by atoms with Gasteiger partial charge in [-0.1, -0.05) is 50.9 Å². The molecule has 0 radical (unpaired) electrons. The first-order valence-electron chi connectivity index (χ1n) is 11.4. The molecule has 4 aliphatic rings. The summed E-state index contributed by atoms with van der Waals surface area (Å²) in [7, 11) is -0.468. The molecular formula is C23H31BCl2N2O4. The van der Waals surface area contributed by atoms with E-state index in [-0.39, 0.29) is 41.2 Å². The largest absolute Gasteiger partial charge is 0.481 e. The minimum atomic E-state index is -0.468. The van der Waals surface area contributed by atoms with Crippen LogP contribution in [0.2, 0.25) is 10.0 Å². The summed E-state index contributed by atoms with van der Waals surface area (Å²) in [6, 6.07) is 4.64. The number of hydrogen-bond acceptors (Lipinski definition) is 4. The molecule has 5 rings (SSSR count). The summed E-state index contributed by atoms with van der Waals surface area (Å²) in [6.45, 7) is 8.67. The van der Waals surface area contributed by atoms with E-state index in [9.17, 15) is 9.59 Å². The molecule has 3 aliphatic carbocycles. The molecule has 1 aliphatic heterocycles. The number of hydrogen-bond donors (Lipinski definition) is 2. The van der Waals surface area contributed by atoms with Crippen LogP contribution in [0.3, 0.4) is 0 Å². The Morgan fingerprint density at radius 2 is 1.97 bits per heavy atom. The lowest BCUT2D eigenvalue weighted by Gasteiger charge is -2.60. The summed E-state index contributed by atoms with van der Waals surface area (Å²) >= 11 is 12.0. The Kier molecular flexibility index (Phi) is 6.84. The maximum Gasteiger partial charge on any atom is 0.481 e. The summed E-state index contributed by atoms with van der Waals surface area (Å²) in [5, 5.41) is 6.32. The molecule has 5 atom stereocenters. The van der Waals surface area contributed by atoms with Crippen molar-refractivity contribution in [3.8, 4) is 0 Å². The molecule has 1 aromatic carbocycles. The van der Waals surface area contributed by atoms with Gasteiger partial charge in [0, 0.05) is 5.02 Å². The van der Waals surface area contributed by atoms with Gasteiger partial charge in [0.1, 0.15) is 0 Å². The van der Waals surface area contributed by atoms with E-state index in [0.717, 1.165) is 12.8 Å². The highest BCUT2D eigenvalue weighted by atomic mass is 35.5. The predicted octanol–water partition coefficient (Wildman–Crippen LogP) is 4.13. The summed E-state index contributed by atoms with van der Waals surface area (Å²) in [4.78, 5) is 25.1. The van der Waals surface area contributed by atoms with Crippen LogP contribution in [-0.4, -0.2) is 43.6 Å². The molecule has 1 saturated heterocycles. The van der Waals surface area contributed by atoms with Gasteiger partial charge in [-0.3, -0.25) is 9.59 Å². The van der Waals surface area contributed by atoms with Crippen molar-refractivity contribution in [1.82, 2.24) is 10.6 Å². The van der Waals surface area contributed by atoms with Crippen LogP contribution in [0, 0.1) is 23.2 Å². The highest BCUT2D eigenvalue weighted by molar-refractivity contribution is 6.47. The van der Waals surface area contributed by atoms with E-state index < -0.39 is 13.0 Å². The first kappa shape index (κ1) is 23.9. The van der Waals surface area contributed by atoms with Crippen LogP contribution in [0.15, 0.2) is 18.2 Å². The maximum absolute atomic E-state index is 12.7. The summed E-state index contributed by atoms with van der Waals surface area (Å²) in [5.41, 5.74) is 0.529. The average Bonchev–Trinajstić information content (AvgIpc) is 3.17. The minimum absolute atomic E-state index is 0.0937. The molecule has 32 heavy (non-hydrogen) atoms. The molecule has 174 valence electrons. The molecule has 1 unspecified atom stereocenters. The van der Waals surface area contributed by atoms with Gasteiger partial charge in [-0.15, -0.1) is 0 Å². The molecule has 2 amide bonds. The van der Waals surface area contributed by atoms with Crippen molar-refractivity contribution in [2.24, 2.45) is 23.2 Å². The van der Waals surface area contributed by atoms with Gasteiger partial charge in [0.05, 0.1) is 35.3 Å². The third-order valence-electron chi connectivity index (χ3n) is 7.41. The zero-order valence-electron chi connectivity index (χ0n) is 19.0. The highest BCUT2D eigenvalue weighted by Gasteiger charge is 2.62. The third kappa shape index (κ3) is 4.67. The van der Waals surface area contributed by atoms with Crippen molar-refractivity contribution in [1.29, 1.82) is 0 Å². The second-order valence-electron chi connectivity index (χ2n) is 10.4. The van der Waals surface area contributed by atoms with Gasteiger partial charge in [0.25, 0.3) is 5.91 Å². The fourth-order valence-corrected chi connectivity index (χ4v) is 5.86. The molecule has 1 aromatic rings. The smallest absolute Gasteiger partial charge is 0.404 e. The number of halogens is 2. The summed E-state index contributed by atoms with van der Waals surface area (Å²) in [5.74, 6) is 0.514. The van der Waals surface area contributed by atoms with Crippen LogP contribution in [0.25, 0.3) is 0 Å². The van der Waals surface area contributed by atoms with Crippen molar-refractivity contribution in [3.05, 3.63) is 33.8 Å². The Balaban J connectivity index is 1.35. The molecular weight excluding hydrogens is 450 g/mol. The van der Waals surface area contributed by atoms with Gasteiger partial charge >= 0.3 is 7.12 Å². The van der Waals surface area contributed by atoms with Crippen LogP contribution in [-0.2, 0) is 14.1 Å². The lowest BCUT2D eigenvalue weighted by atomic mass is 9.47. The third-order valence-corrected chi connectivity index (χ3v) is 7.97. The van der Waals surface area contributed by atoms with Crippen molar-refractivity contribution in [3.63, 3.8) is 0 Å². The number of rotatable bonds is 7. The van der Waals surface area contributed by atoms with Crippen LogP contribution in [0.1, 0.15) is 57.3 Å². The van der Waals surface area contributed by atoms with Crippen molar-refractivity contribution < 1.29 is 18.9 Å². The van der Waals surface area contributed by atoms with Crippen LogP contribution in [0.4, 0.5) is 0 Å². The summed E-state index contributed by atoms with van der Waals surface area (Å²) in [6.07, 6.45) is 3.14. The van der Waals surface area contributed by atoms with Crippen LogP contribution < -0.4 is 10.6 Å². The Morgan fingerprint density at radius 3 is 2.66 bits per heavy atom. The fraction of sp³-hybridized carbons (Fsp3) is 0.652. The number of carbonyl (C=O) groups excluding carboxylic acids is 2. The lowest BCUT2D eigenvalue weighted by molar-refractivity contribution is -0.150. The quantitative estimate of drug-likeness (QED) is 0.575. The molecule has 3 saturated carbocycles. The minimum Gasteiger partial charge on any atom is -0.404 e. The van der Waals surface area contributed by atoms with E-state index in [0.29, 0.717) is 28.2 Å². The Hall–Kier alpha value is -1.28. The monoisotopic (exact) mass is 480 g/mol. The standard InChI is InChI=1S/C23H31BCl2N2O4/c1-12(2)7-19(24-31-18-9-13-8-16(21(18)32-24)23(13,3)4)28-20(29)11-27-22(30)15-10-14(25)5-6-17(15)26/h5-6,10,12-13,16,18-19,21H,7-9,11H2,1-4H3,(H,27,30)(H,28,29)/t13-,16?,18+,19-,21-/m0/s1. The molecule has 0 aromatic heterocycles. The first-order valence-corrected chi connectivity index (χ1v) is 12.2. The Bertz CT molecular complexity index is 897. The molecule has 1 heterocycles. The van der Waals surface area contributed by atoms with Crippen molar-refractivity contribution in [2.45, 2.75) is 65.1 Å². The Labute approximate surface area is 200 Å². The second-order valence-corrected chi connectivity index (χ2v) is 11.2. The van der Waals surface area contributed by atoms with E-state index >= 15 is 0 Å². The predicted molar refractivity (Wildman–Crippen MR) is 126 cm³/mol. The van der Waals surface area contributed by atoms with E-state index in [1.165, 1.54) is 12.5 Å². The van der Waals surface area contributed by atoms with Gasteiger partial charge in [-0.2, -0.15) is 0 Å². The lowest BCUT2D eigenvalue weighted by Crippen LogP contribution is -2.59.